The van der Waals surface area contributed by atoms with Gasteiger partial charge in [-0.2, -0.15) is 4.98 Å². The summed E-state index contributed by atoms with van der Waals surface area (Å²) in [5, 5.41) is 6.10. The monoisotopic (exact) mass is 423 g/mol. The van der Waals surface area contributed by atoms with Gasteiger partial charge in [0.25, 0.3) is 0 Å². The van der Waals surface area contributed by atoms with Crippen LogP contribution in [0.2, 0.25) is 0 Å². The number of piperazine rings is 1. The summed E-state index contributed by atoms with van der Waals surface area (Å²) in [7, 11) is 0. The lowest BCUT2D eigenvalue weighted by Crippen LogP contribution is -2.54. The summed E-state index contributed by atoms with van der Waals surface area (Å²) in [5.41, 5.74) is 2.34. The molecular weight excluding hydrogens is 398 g/mol. The molecular formula is C22H25N5O2S. The summed E-state index contributed by atoms with van der Waals surface area (Å²) in [6.45, 7) is 6.93. The number of anilines is 1. The fourth-order valence-electron chi connectivity index (χ4n) is 4.27. The molecule has 1 fully saturated rings. The Morgan fingerprint density at radius 2 is 1.97 bits per heavy atom. The molecule has 2 aliphatic heterocycles. The van der Waals surface area contributed by atoms with Crippen LogP contribution in [0.15, 0.2) is 46.3 Å². The zero-order valence-corrected chi connectivity index (χ0v) is 17.8. The molecule has 1 amide bonds. The van der Waals surface area contributed by atoms with E-state index in [1.165, 1.54) is 5.56 Å². The number of rotatable bonds is 5. The van der Waals surface area contributed by atoms with Gasteiger partial charge >= 0.3 is 0 Å². The molecule has 1 unspecified atom stereocenters. The van der Waals surface area contributed by atoms with Crippen LogP contribution >= 0.6 is 11.3 Å². The van der Waals surface area contributed by atoms with Crippen molar-refractivity contribution in [3.63, 3.8) is 0 Å². The number of aromatic nitrogens is 2. The Bertz CT molecular complexity index is 1010. The number of para-hydroxylation sites is 1. The summed E-state index contributed by atoms with van der Waals surface area (Å²) in [4.78, 5) is 25.2. The molecule has 2 aliphatic rings. The highest BCUT2D eigenvalue weighted by atomic mass is 32.1. The van der Waals surface area contributed by atoms with Gasteiger partial charge in [0.05, 0.1) is 17.5 Å². The molecule has 0 radical (unpaired) electrons. The number of hydrogen-bond donors (Lipinski definition) is 0. The minimum Gasteiger partial charge on any atom is -0.338 e. The lowest BCUT2D eigenvalue weighted by molar-refractivity contribution is -0.123. The van der Waals surface area contributed by atoms with Crippen molar-refractivity contribution in [2.24, 2.45) is 0 Å². The summed E-state index contributed by atoms with van der Waals surface area (Å²) in [6, 6.07) is 12.1. The van der Waals surface area contributed by atoms with Crippen LogP contribution in [0, 0.1) is 0 Å². The number of carbonyl (C=O) groups excluding carboxylic acids is 1. The molecule has 7 nitrogen and oxygen atoms in total. The molecule has 1 saturated heterocycles. The van der Waals surface area contributed by atoms with Crippen molar-refractivity contribution in [3.8, 4) is 10.7 Å². The quantitative estimate of drug-likeness (QED) is 0.629. The molecule has 30 heavy (non-hydrogen) atoms. The van der Waals surface area contributed by atoms with Crippen molar-refractivity contribution in [2.45, 2.75) is 25.9 Å². The summed E-state index contributed by atoms with van der Waals surface area (Å²) < 4.78 is 5.43. The third kappa shape index (κ3) is 3.78. The minimum atomic E-state index is -0.118. The largest absolute Gasteiger partial charge is 0.338 e. The van der Waals surface area contributed by atoms with E-state index in [1.807, 2.05) is 41.5 Å². The molecule has 3 aromatic rings. The van der Waals surface area contributed by atoms with Gasteiger partial charge in [0.15, 0.2) is 0 Å². The molecule has 2 aromatic heterocycles. The Hall–Kier alpha value is -2.55. The van der Waals surface area contributed by atoms with Crippen LogP contribution in [-0.2, 0) is 17.8 Å². The Morgan fingerprint density at radius 3 is 2.77 bits per heavy atom. The van der Waals surface area contributed by atoms with E-state index < -0.39 is 0 Å². The maximum Gasteiger partial charge on any atom is 0.244 e. The predicted molar refractivity (Wildman–Crippen MR) is 116 cm³/mol. The van der Waals surface area contributed by atoms with E-state index >= 15 is 0 Å². The average Bonchev–Trinajstić information content (AvgIpc) is 3.53. The normalized spacial score (nSPS) is 18.5. The molecule has 0 bridgehead atoms. The van der Waals surface area contributed by atoms with Gasteiger partial charge in [-0.05, 0) is 36.4 Å². The first-order chi connectivity index (χ1) is 14.7. The standard InChI is InChI=1S/C22H25N5O2S/c1-16(22(28)27-9-8-17-5-2-3-6-18(17)27)26-12-10-25(11-13-26)15-20-23-21(24-29-20)19-7-4-14-30-19/h2-7,14,16H,8-13,15H2,1H3. The fourth-order valence-corrected chi connectivity index (χ4v) is 4.92. The van der Waals surface area contributed by atoms with Crippen LogP contribution in [0.4, 0.5) is 5.69 Å². The number of amides is 1. The zero-order chi connectivity index (χ0) is 20.5. The number of benzene rings is 1. The molecule has 1 aromatic carbocycles. The maximum atomic E-state index is 13.1. The van der Waals surface area contributed by atoms with Gasteiger partial charge < -0.3 is 9.42 Å². The van der Waals surface area contributed by atoms with E-state index in [-0.39, 0.29) is 11.9 Å². The van der Waals surface area contributed by atoms with E-state index in [2.05, 4.69) is 32.1 Å². The molecule has 0 aliphatic carbocycles. The van der Waals surface area contributed by atoms with Crippen molar-refractivity contribution >= 4 is 22.9 Å². The van der Waals surface area contributed by atoms with Crippen molar-refractivity contribution in [1.82, 2.24) is 19.9 Å². The summed E-state index contributed by atoms with van der Waals surface area (Å²) in [6.07, 6.45) is 0.944. The first kappa shape index (κ1) is 19.4. The van der Waals surface area contributed by atoms with Gasteiger partial charge in [-0.3, -0.25) is 14.6 Å². The molecule has 0 saturated carbocycles. The Kier molecular flexibility index (Phi) is 5.37. The molecule has 0 spiro atoms. The van der Waals surface area contributed by atoms with Crippen molar-refractivity contribution in [3.05, 3.63) is 53.2 Å². The predicted octanol–water partition coefficient (Wildman–Crippen LogP) is 2.89. The number of hydrogen-bond acceptors (Lipinski definition) is 7. The molecule has 5 rings (SSSR count). The highest BCUT2D eigenvalue weighted by Gasteiger charge is 2.32. The Labute approximate surface area is 179 Å². The van der Waals surface area contributed by atoms with Gasteiger partial charge in [-0.1, -0.05) is 29.4 Å². The number of fused-ring (bicyclic) bond motifs is 1. The first-order valence-electron chi connectivity index (χ1n) is 10.4. The van der Waals surface area contributed by atoms with E-state index in [0.717, 1.165) is 49.7 Å². The maximum absolute atomic E-state index is 13.1. The first-order valence-corrected chi connectivity index (χ1v) is 11.3. The van der Waals surface area contributed by atoms with Crippen LogP contribution < -0.4 is 4.90 Å². The van der Waals surface area contributed by atoms with Crippen molar-refractivity contribution < 1.29 is 9.32 Å². The second-order valence-electron chi connectivity index (χ2n) is 7.85. The van der Waals surface area contributed by atoms with Gasteiger partial charge in [-0.15, -0.1) is 11.3 Å². The Morgan fingerprint density at radius 1 is 1.13 bits per heavy atom. The second kappa shape index (κ2) is 8.29. The number of nitrogens with zero attached hydrogens (tertiary/aromatic N) is 5. The van der Waals surface area contributed by atoms with Gasteiger partial charge in [0.1, 0.15) is 0 Å². The van der Waals surface area contributed by atoms with Crippen LogP contribution in [0.25, 0.3) is 10.7 Å². The highest BCUT2D eigenvalue weighted by molar-refractivity contribution is 7.13. The summed E-state index contributed by atoms with van der Waals surface area (Å²) >= 11 is 1.61. The van der Waals surface area contributed by atoms with E-state index in [4.69, 9.17) is 4.52 Å². The fraction of sp³-hybridized carbons (Fsp3) is 0.409. The van der Waals surface area contributed by atoms with E-state index in [9.17, 15) is 4.79 Å². The molecule has 8 heteroatoms. The van der Waals surface area contributed by atoms with Crippen molar-refractivity contribution in [1.29, 1.82) is 0 Å². The number of thiophene rings is 1. The van der Waals surface area contributed by atoms with Crippen LogP contribution in [-0.4, -0.2) is 64.6 Å². The SMILES string of the molecule is CC(C(=O)N1CCc2ccccc21)N1CCN(Cc2nc(-c3cccs3)no2)CC1. The van der Waals surface area contributed by atoms with Gasteiger partial charge in [0, 0.05) is 38.4 Å². The van der Waals surface area contributed by atoms with Crippen LogP contribution in [0.3, 0.4) is 0 Å². The van der Waals surface area contributed by atoms with Crippen LogP contribution in [0.5, 0.6) is 0 Å². The highest BCUT2D eigenvalue weighted by Crippen LogP contribution is 2.28. The summed E-state index contributed by atoms with van der Waals surface area (Å²) in [5.74, 6) is 1.50. The number of carbonyl (C=O) groups is 1. The molecule has 4 heterocycles. The van der Waals surface area contributed by atoms with Gasteiger partial charge in [-0.25, -0.2) is 0 Å². The van der Waals surface area contributed by atoms with Gasteiger partial charge in [0.2, 0.25) is 17.6 Å². The topological polar surface area (TPSA) is 65.7 Å². The minimum absolute atomic E-state index is 0.118. The third-order valence-corrected chi connectivity index (χ3v) is 6.90. The lowest BCUT2D eigenvalue weighted by Gasteiger charge is -2.38. The molecule has 0 N–H and O–H groups in total. The molecule has 1 atom stereocenters. The lowest BCUT2D eigenvalue weighted by atomic mass is 10.1. The van der Waals surface area contributed by atoms with Crippen molar-refractivity contribution in [2.75, 3.05) is 37.6 Å². The smallest absolute Gasteiger partial charge is 0.244 e. The Balaban J connectivity index is 1.16. The third-order valence-electron chi connectivity index (χ3n) is 6.03. The zero-order valence-electron chi connectivity index (χ0n) is 17.0. The second-order valence-corrected chi connectivity index (χ2v) is 8.79. The van der Waals surface area contributed by atoms with Crippen LogP contribution in [0.1, 0.15) is 18.4 Å². The van der Waals surface area contributed by atoms with E-state index in [0.29, 0.717) is 18.3 Å². The molecule has 156 valence electrons. The van der Waals surface area contributed by atoms with E-state index in [1.54, 1.807) is 11.3 Å². The average molecular weight is 424 g/mol.